The van der Waals surface area contributed by atoms with E-state index in [1.54, 1.807) is 6.07 Å². The minimum absolute atomic E-state index is 0.0107. The number of hydrogen-bond donors (Lipinski definition) is 1. The average Bonchev–Trinajstić information content (AvgIpc) is 2.93. The number of aromatic nitrogens is 2. The number of hydrogen-bond acceptors (Lipinski definition) is 4. The molecule has 142 valence electrons. The van der Waals surface area contributed by atoms with E-state index in [1.165, 1.54) is 12.1 Å². The fourth-order valence-corrected chi connectivity index (χ4v) is 4.24. The van der Waals surface area contributed by atoms with Crippen molar-refractivity contribution in [2.75, 3.05) is 6.26 Å². The Morgan fingerprint density at radius 1 is 1.11 bits per heavy atom. The molecule has 2 aromatic carbocycles. The summed E-state index contributed by atoms with van der Waals surface area (Å²) in [5.74, 6) is -3.21. The van der Waals surface area contributed by atoms with Gasteiger partial charge in [0.2, 0.25) is 0 Å². The Hall–Kier alpha value is -2.39. The predicted octanol–water partition coefficient (Wildman–Crippen LogP) is 2.52. The second kappa shape index (κ2) is 6.07. The minimum Gasteiger partial charge on any atom is -0.326 e. The lowest BCUT2D eigenvalue weighted by molar-refractivity contribution is 0.392. The van der Waals surface area contributed by atoms with Gasteiger partial charge in [-0.2, -0.15) is 0 Å². The third-order valence-corrected chi connectivity index (χ3v) is 6.09. The van der Waals surface area contributed by atoms with Crippen molar-refractivity contribution in [1.29, 1.82) is 0 Å². The smallest absolute Gasteiger partial charge is 0.175 e. The molecule has 2 N–H and O–H groups in total. The molecule has 2 atom stereocenters. The fourth-order valence-electron chi connectivity index (χ4n) is 3.60. The van der Waals surface area contributed by atoms with Crippen LogP contribution in [-0.2, 0) is 22.8 Å². The number of benzene rings is 2. The summed E-state index contributed by atoms with van der Waals surface area (Å²) in [6, 6.07) is 5.47. The predicted molar refractivity (Wildman–Crippen MR) is 93.6 cm³/mol. The third kappa shape index (κ3) is 3.00. The van der Waals surface area contributed by atoms with Crippen molar-refractivity contribution < 1.29 is 21.6 Å². The first-order chi connectivity index (χ1) is 12.6. The molecule has 0 unspecified atom stereocenters. The second-order valence-corrected chi connectivity index (χ2v) is 8.84. The number of fused-ring (bicyclic) bond motifs is 3. The van der Waals surface area contributed by atoms with Crippen molar-refractivity contribution in [3.8, 4) is 0 Å². The molecular formula is C18H16F3N3O2S. The van der Waals surface area contributed by atoms with Crippen molar-refractivity contribution in [3.63, 3.8) is 0 Å². The number of halogens is 3. The van der Waals surface area contributed by atoms with Gasteiger partial charge in [0.25, 0.3) is 0 Å². The number of sulfone groups is 1. The lowest BCUT2D eigenvalue weighted by Gasteiger charge is -2.30. The average molecular weight is 395 g/mol. The molecule has 0 spiro atoms. The van der Waals surface area contributed by atoms with Gasteiger partial charge in [0.1, 0.15) is 11.6 Å². The number of nitrogens with zero attached hydrogens (tertiary/aromatic N) is 2. The molecule has 1 aliphatic heterocycles. The van der Waals surface area contributed by atoms with E-state index in [-0.39, 0.29) is 16.9 Å². The molecule has 3 aromatic rings. The summed E-state index contributed by atoms with van der Waals surface area (Å²) in [6.45, 7) is 0.299. The topological polar surface area (TPSA) is 78.0 Å². The lowest BCUT2D eigenvalue weighted by Crippen LogP contribution is -2.39. The van der Waals surface area contributed by atoms with Gasteiger partial charge >= 0.3 is 0 Å². The Labute approximate surface area is 153 Å². The summed E-state index contributed by atoms with van der Waals surface area (Å²) in [6.07, 6.45) is 1.34. The number of imidazole rings is 1. The zero-order valence-corrected chi connectivity index (χ0v) is 15.1. The van der Waals surface area contributed by atoms with Crippen LogP contribution in [0.1, 0.15) is 17.3 Å². The van der Waals surface area contributed by atoms with Crippen molar-refractivity contribution in [1.82, 2.24) is 9.55 Å². The molecule has 2 heterocycles. The third-order valence-electron chi connectivity index (χ3n) is 4.98. The van der Waals surface area contributed by atoms with Gasteiger partial charge in [0.05, 0.1) is 15.9 Å². The summed E-state index contributed by atoms with van der Waals surface area (Å²) in [4.78, 5) is 4.61. The van der Waals surface area contributed by atoms with Gasteiger partial charge in [0, 0.05) is 37.2 Å². The molecule has 1 aromatic heterocycles. The second-order valence-electron chi connectivity index (χ2n) is 6.82. The van der Waals surface area contributed by atoms with E-state index in [1.807, 2.05) is 4.57 Å². The highest BCUT2D eigenvalue weighted by Crippen LogP contribution is 2.33. The molecular weight excluding hydrogens is 379 g/mol. The zero-order valence-electron chi connectivity index (χ0n) is 14.3. The maximum atomic E-state index is 14.2. The first-order valence-electron chi connectivity index (χ1n) is 8.24. The van der Waals surface area contributed by atoms with Crippen LogP contribution in [0.25, 0.3) is 11.0 Å². The molecule has 4 rings (SSSR count). The summed E-state index contributed by atoms with van der Waals surface area (Å²) in [5.41, 5.74) is 7.43. The van der Waals surface area contributed by atoms with E-state index < -0.39 is 39.2 Å². The lowest BCUT2D eigenvalue weighted by atomic mass is 9.86. The van der Waals surface area contributed by atoms with E-state index >= 15 is 0 Å². The van der Waals surface area contributed by atoms with Crippen LogP contribution >= 0.6 is 0 Å². The SMILES string of the molecule is CS(=O)(=O)c1ccc2c(c1)nc1n2C[C@H](N)[C@@H](c2cc(F)c(F)cc2F)C1. The minimum atomic E-state index is -3.38. The molecule has 0 saturated carbocycles. The van der Waals surface area contributed by atoms with Gasteiger partial charge in [-0.05, 0) is 29.8 Å². The molecule has 0 radical (unpaired) electrons. The quantitative estimate of drug-likeness (QED) is 0.677. The van der Waals surface area contributed by atoms with Crippen molar-refractivity contribution in [2.24, 2.45) is 5.73 Å². The highest BCUT2D eigenvalue weighted by molar-refractivity contribution is 7.90. The molecule has 0 amide bonds. The summed E-state index contributed by atoms with van der Waals surface area (Å²) >= 11 is 0. The van der Waals surface area contributed by atoms with Gasteiger partial charge in [-0.3, -0.25) is 0 Å². The highest BCUT2D eigenvalue weighted by atomic mass is 32.2. The molecule has 0 saturated heterocycles. The van der Waals surface area contributed by atoms with E-state index in [9.17, 15) is 21.6 Å². The molecule has 5 nitrogen and oxygen atoms in total. The molecule has 0 aliphatic carbocycles. The van der Waals surface area contributed by atoms with Crippen LogP contribution in [0.5, 0.6) is 0 Å². The van der Waals surface area contributed by atoms with Crippen molar-refractivity contribution in [3.05, 3.63) is 59.2 Å². The van der Waals surface area contributed by atoms with Crippen molar-refractivity contribution in [2.45, 2.75) is 29.8 Å². The van der Waals surface area contributed by atoms with Gasteiger partial charge in [-0.25, -0.2) is 26.6 Å². The maximum Gasteiger partial charge on any atom is 0.175 e. The highest BCUT2D eigenvalue weighted by Gasteiger charge is 2.32. The first kappa shape index (κ1) is 18.0. The Balaban J connectivity index is 1.79. The zero-order chi connectivity index (χ0) is 19.5. The largest absolute Gasteiger partial charge is 0.326 e. The number of nitrogens with two attached hydrogens (primary N) is 1. The Kier molecular flexibility index (Phi) is 4.04. The van der Waals surface area contributed by atoms with E-state index in [2.05, 4.69) is 4.98 Å². The van der Waals surface area contributed by atoms with Crippen LogP contribution in [-0.4, -0.2) is 30.3 Å². The van der Waals surface area contributed by atoms with Gasteiger partial charge in [-0.1, -0.05) is 0 Å². The molecule has 0 fully saturated rings. The summed E-state index contributed by atoms with van der Waals surface area (Å²) < 4.78 is 66.4. The molecule has 0 bridgehead atoms. The normalized spacial score (nSPS) is 20.0. The van der Waals surface area contributed by atoms with Gasteiger partial charge < -0.3 is 10.3 Å². The van der Waals surface area contributed by atoms with Crippen molar-refractivity contribution >= 4 is 20.9 Å². The Morgan fingerprint density at radius 3 is 2.52 bits per heavy atom. The Morgan fingerprint density at radius 2 is 1.81 bits per heavy atom. The van der Waals surface area contributed by atoms with E-state index in [0.717, 1.165) is 17.8 Å². The summed E-state index contributed by atoms with van der Waals surface area (Å²) in [7, 11) is -3.38. The number of rotatable bonds is 2. The van der Waals surface area contributed by atoms with Crippen LogP contribution in [0.3, 0.4) is 0 Å². The molecule has 27 heavy (non-hydrogen) atoms. The van der Waals surface area contributed by atoms with Gasteiger partial charge in [-0.15, -0.1) is 0 Å². The van der Waals surface area contributed by atoms with Crippen LogP contribution < -0.4 is 5.73 Å². The van der Waals surface area contributed by atoms with E-state index in [0.29, 0.717) is 24.0 Å². The molecule has 9 heteroatoms. The Bertz CT molecular complexity index is 1170. The van der Waals surface area contributed by atoms with Gasteiger partial charge in [0.15, 0.2) is 21.5 Å². The van der Waals surface area contributed by atoms with Crippen LogP contribution in [0.2, 0.25) is 0 Å². The maximum absolute atomic E-state index is 14.2. The van der Waals surface area contributed by atoms with E-state index in [4.69, 9.17) is 5.73 Å². The standard InChI is InChI=1S/C18H16F3N3O2S/c1-27(25,26)9-2-3-17-16(4-9)23-18-6-11(15(22)8-24(17)18)10-5-13(20)14(21)7-12(10)19/h2-5,7,11,15H,6,8,22H2,1H3/t11-,15+/m1/s1. The van der Waals surface area contributed by atoms with Crippen LogP contribution in [0.4, 0.5) is 13.2 Å². The molecule has 1 aliphatic rings. The van der Waals surface area contributed by atoms with Crippen LogP contribution in [0, 0.1) is 17.5 Å². The summed E-state index contributed by atoms with van der Waals surface area (Å²) in [5, 5.41) is 0. The first-order valence-corrected chi connectivity index (χ1v) is 10.1. The fraction of sp³-hybridized carbons (Fsp3) is 0.278. The van der Waals surface area contributed by atoms with Crippen LogP contribution in [0.15, 0.2) is 35.2 Å². The monoisotopic (exact) mass is 395 g/mol.